The Morgan fingerprint density at radius 1 is 1.06 bits per heavy atom. The van der Waals surface area contributed by atoms with E-state index in [9.17, 15) is 9.59 Å². The van der Waals surface area contributed by atoms with Gasteiger partial charge in [0.1, 0.15) is 6.54 Å². The maximum atomic E-state index is 13.2. The van der Waals surface area contributed by atoms with E-state index in [0.717, 1.165) is 5.69 Å². The molecule has 0 N–H and O–H groups in total. The average Bonchev–Trinajstić information content (AvgIpc) is 3.16. The van der Waals surface area contributed by atoms with E-state index in [-0.39, 0.29) is 18.4 Å². The van der Waals surface area contributed by atoms with Crippen LogP contribution in [0, 0.1) is 0 Å². The number of nitrogens with zero attached hydrogens (tertiary/aromatic N) is 3. The summed E-state index contributed by atoms with van der Waals surface area (Å²) in [5.41, 5.74) is 1.34. The second kappa shape index (κ2) is 13.5. The number of benzene rings is 1. The van der Waals surface area contributed by atoms with Gasteiger partial charge >= 0.3 is 0 Å². The quantitative estimate of drug-likeness (QED) is 0.405. The van der Waals surface area contributed by atoms with E-state index in [1.54, 1.807) is 30.2 Å². The highest BCUT2D eigenvalue weighted by molar-refractivity contribution is 6.35. The van der Waals surface area contributed by atoms with Crippen LogP contribution in [-0.4, -0.2) is 72.7 Å². The molecule has 0 fully saturated rings. The fraction of sp³-hybridized carbons (Fsp3) is 0.478. The standard InChI is InChI=1S/C23H31Cl2N3O4/c1-4-32-11-6-9-28(23(30)18-13-19(24)15-20(25)14-18)17-22(29)27(10-12-31-3)16-21-7-5-8-26(21)2/h5,7-8,13-15H,4,6,9-12,16-17H2,1-3H3. The molecule has 0 aliphatic carbocycles. The van der Waals surface area contributed by atoms with E-state index in [1.165, 1.54) is 4.90 Å². The molecule has 0 saturated carbocycles. The first kappa shape index (κ1) is 26.2. The summed E-state index contributed by atoms with van der Waals surface area (Å²) in [6.07, 6.45) is 2.54. The van der Waals surface area contributed by atoms with Crippen LogP contribution in [0.1, 0.15) is 29.4 Å². The number of amides is 2. The molecule has 2 amide bonds. The largest absolute Gasteiger partial charge is 0.383 e. The number of halogens is 2. The van der Waals surface area contributed by atoms with Crippen LogP contribution < -0.4 is 0 Å². The summed E-state index contributed by atoms with van der Waals surface area (Å²) >= 11 is 12.2. The van der Waals surface area contributed by atoms with Crippen molar-refractivity contribution in [3.63, 3.8) is 0 Å². The van der Waals surface area contributed by atoms with Crippen LogP contribution in [0.15, 0.2) is 36.5 Å². The van der Waals surface area contributed by atoms with Crippen LogP contribution in [0.4, 0.5) is 0 Å². The van der Waals surface area contributed by atoms with Gasteiger partial charge in [0.15, 0.2) is 0 Å². The molecule has 1 aromatic heterocycles. The maximum Gasteiger partial charge on any atom is 0.254 e. The van der Waals surface area contributed by atoms with Gasteiger partial charge in [0.25, 0.3) is 5.91 Å². The van der Waals surface area contributed by atoms with Crippen LogP contribution in [0.25, 0.3) is 0 Å². The highest BCUT2D eigenvalue weighted by Crippen LogP contribution is 2.20. The summed E-state index contributed by atoms with van der Waals surface area (Å²) in [5, 5.41) is 0.735. The number of aromatic nitrogens is 1. The van der Waals surface area contributed by atoms with E-state index in [1.807, 2.05) is 36.9 Å². The third kappa shape index (κ3) is 8.13. The number of methoxy groups -OCH3 is 1. The van der Waals surface area contributed by atoms with Gasteiger partial charge in [-0.3, -0.25) is 9.59 Å². The number of ether oxygens (including phenoxy) is 2. The van der Waals surface area contributed by atoms with E-state index < -0.39 is 0 Å². The molecule has 1 aromatic carbocycles. The van der Waals surface area contributed by atoms with Crippen molar-refractivity contribution in [3.05, 3.63) is 57.8 Å². The molecule has 7 nitrogen and oxygen atoms in total. The van der Waals surface area contributed by atoms with Crippen LogP contribution in [0.5, 0.6) is 0 Å². The van der Waals surface area contributed by atoms with Gasteiger partial charge in [-0.1, -0.05) is 23.2 Å². The molecule has 0 aliphatic heterocycles. The normalized spacial score (nSPS) is 10.9. The summed E-state index contributed by atoms with van der Waals surface area (Å²) in [6, 6.07) is 8.58. The molecule has 9 heteroatoms. The lowest BCUT2D eigenvalue weighted by Crippen LogP contribution is -2.44. The van der Waals surface area contributed by atoms with Gasteiger partial charge in [0, 0.05) is 68.0 Å². The summed E-state index contributed by atoms with van der Waals surface area (Å²) in [4.78, 5) is 29.7. The van der Waals surface area contributed by atoms with Gasteiger partial charge in [0.2, 0.25) is 5.91 Å². The van der Waals surface area contributed by atoms with Crippen molar-refractivity contribution in [1.29, 1.82) is 0 Å². The minimum absolute atomic E-state index is 0.0662. The van der Waals surface area contributed by atoms with Gasteiger partial charge in [-0.05, 0) is 43.7 Å². The third-order valence-corrected chi connectivity index (χ3v) is 5.40. The highest BCUT2D eigenvalue weighted by Gasteiger charge is 2.23. The van der Waals surface area contributed by atoms with Crippen molar-refractivity contribution in [1.82, 2.24) is 14.4 Å². The summed E-state index contributed by atoms with van der Waals surface area (Å²) in [7, 11) is 3.53. The van der Waals surface area contributed by atoms with E-state index in [4.69, 9.17) is 32.7 Å². The molecule has 1 heterocycles. The van der Waals surface area contributed by atoms with Crippen LogP contribution in [-0.2, 0) is 27.9 Å². The first-order valence-corrected chi connectivity index (χ1v) is 11.3. The van der Waals surface area contributed by atoms with Gasteiger partial charge in [-0.2, -0.15) is 0 Å². The van der Waals surface area contributed by atoms with Crippen molar-refractivity contribution in [2.45, 2.75) is 19.9 Å². The molecule has 0 saturated heterocycles. The maximum absolute atomic E-state index is 13.2. The Morgan fingerprint density at radius 3 is 2.38 bits per heavy atom. The predicted octanol–water partition coefficient (Wildman–Crippen LogP) is 3.88. The summed E-state index contributed by atoms with van der Waals surface area (Å²) in [6.45, 7) is 4.57. The number of hydrogen-bond donors (Lipinski definition) is 0. The summed E-state index contributed by atoms with van der Waals surface area (Å²) < 4.78 is 12.6. The minimum atomic E-state index is -0.301. The molecular weight excluding hydrogens is 453 g/mol. The smallest absolute Gasteiger partial charge is 0.254 e. The molecule has 176 valence electrons. The molecule has 2 rings (SSSR count). The average molecular weight is 484 g/mol. The Morgan fingerprint density at radius 2 is 1.78 bits per heavy atom. The van der Waals surface area contributed by atoms with Crippen LogP contribution in [0.2, 0.25) is 10.0 Å². The zero-order valence-corrected chi connectivity index (χ0v) is 20.4. The molecule has 0 unspecified atom stereocenters. The Kier molecular flexibility index (Phi) is 11.0. The summed E-state index contributed by atoms with van der Waals surface area (Å²) in [5.74, 6) is -0.467. The van der Waals surface area contributed by atoms with Gasteiger partial charge in [0.05, 0.1) is 13.2 Å². The molecule has 2 aromatic rings. The Bertz CT molecular complexity index is 868. The number of hydrogen-bond acceptors (Lipinski definition) is 4. The van der Waals surface area contributed by atoms with Crippen molar-refractivity contribution < 1.29 is 19.1 Å². The van der Waals surface area contributed by atoms with Crippen molar-refractivity contribution in [2.24, 2.45) is 7.05 Å². The molecule has 0 spiro atoms. The van der Waals surface area contributed by atoms with E-state index in [0.29, 0.717) is 61.5 Å². The zero-order valence-electron chi connectivity index (χ0n) is 18.9. The number of aryl methyl sites for hydroxylation is 1. The first-order chi connectivity index (χ1) is 15.3. The highest BCUT2D eigenvalue weighted by atomic mass is 35.5. The molecule has 0 bridgehead atoms. The monoisotopic (exact) mass is 483 g/mol. The van der Waals surface area contributed by atoms with Gasteiger partial charge in [-0.15, -0.1) is 0 Å². The fourth-order valence-electron chi connectivity index (χ4n) is 3.23. The molecular formula is C23H31Cl2N3O4. The SMILES string of the molecule is CCOCCCN(CC(=O)N(CCOC)Cc1cccn1C)C(=O)c1cc(Cl)cc(Cl)c1. The first-order valence-electron chi connectivity index (χ1n) is 10.6. The van der Waals surface area contributed by atoms with Crippen molar-refractivity contribution in [3.8, 4) is 0 Å². The minimum Gasteiger partial charge on any atom is -0.383 e. The van der Waals surface area contributed by atoms with Crippen molar-refractivity contribution in [2.75, 3.05) is 46.6 Å². The fourth-order valence-corrected chi connectivity index (χ4v) is 3.75. The second-order valence-electron chi connectivity index (χ2n) is 7.35. The second-order valence-corrected chi connectivity index (χ2v) is 8.23. The lowest BCUT2D eigenvalue weighted by Gasteiger charge is -2.28. The number of carbonyl (C=O) groups excluding carboxylic acids is 2. The molecule has 0 aliphatic rings. The number of carbonyl (C=O) groups is 2. The Balaban J connectivity index is 2.19. The lowest BCUT2D eigenvalue weighted by molar-refractivity contribution is -0.133. The van der Waals surface area contributed by atoms with E-state index >= 15 is 0 Å². The number of rotatable bonds is 13. The van der Waals surface area contributed by atoms with Gasteiger partial charge < -0.3 is 23.8 Å². The molecule has 0 radical (unpaired) electrons. The van der Waals surface area contributed by atoms with E-state index in [2.05, 4.69) is 0 Å². The molecule has 0 atom stereocenters. The topological polar surface area (TPSA) is 64.0 Å². The molecule has 32 heavy (non-hydrogen) atoms. The van der Waals surface area contributed by atoms with Crippen molar-refractivity contribution >= 4 is 35.0 Å². The predicted molar refractivity (Wildman–Crippen MR) is 126 cm³/mol. The van der Waals surface area contributed by atoms with Gasteiger partial charge in [-0.25, -0.2) is 0 Å². The Hall–Kier alpha value is -2.06. The zero-order chi connectivity index (χ0) is 23.5. The Labute approximate surface area is 199 Å². The third-order valence-electron chi connectivity index (χ3n) is 4.97. The lowest BCUT2D eigenvalue weighted by atomic mass is 10.2. The van der Waals surface area contributed by atoms with Crippen LogP contribution in [0.3, 0.4) is 0 Å². The van der Waals surface area contributed by atoms with Crippen LogP contribution >= 0.6 is 23.2 Å².